The van der Waals surface area contributed by atoms with Crippen LogP contribution < -0.4 is 21.9 Å². The lowest BCUT2D eigenvalue weighted by Crippen LogP contribution is -2.40. The fourth-order valence-electron chi connectivity index (χ4n) is 3.04. The average Bonchev–Trinajstić information content (AvgIpc) is 2.72. The summed E-state index contributed by atoms with van der Waals surface area (Å²) < 4.78 is 6.05. The van der Waals surface area contributed by atoms with Gasteiger partial charge in [-0.2, -0.15) is 0 Å². The molecule has 1 heterocycles. The Labute approximate surface area is 167 Å². The summed E-state index contributed by atoms with van der Waals surface area (Å²) >= 11 is 0. The highest BCUT2D eigenvalue weighted by Crippen LogP contribution is 2.20. The lowest BCUT2D eigenvalue weighted by molar-refractivity contribution is -0.138. The summed E-state index contributed by atoms with van der Waals surface area (Å²) in [5, 5.41) is 0. The molecule has 1 aromatic heterocycles. The van der Waals surface area contributed by atoms with Gasteiger partial charge in [0.05, 0.1) is 13.7 Å². The number of aromatic nitrogens is 2. The quantitative estimate of drug-likeness (QED) is 0.585. The number of benzene rings is 2. The number of aromatic amines is 1. The van der Waals surface area contributed by atoms with Gasteiger partial charge >= 0.3 is 11.7 Å². The first kappa shape index (κ1) is 19.9. The van der Waals surface area contributed by atoms with E-state index < -0.39 is 17.2 Å². The zero-order chi connectivity index (χ0) is 20.8. The molecule has 3 aromatic rings. The van der Waals surface area contributed by atoms with E-state index in [4.69, 9.17) is 10.5 Å². The topological polar surface area (TPSA) is 110 Å². The van der Waals surface area contributed by atoms with E-state index in [0.29, 0.717) is 0 Å². The number of ether oxygens (including phenoxy) is 1. The molecule has 0 radical (unpaired) electrons. The number of esters is 1. The van der Waals surface area contributed by atoms with E-state index in [-0.39, 0.29) is 31.1 Å². The molecule has 0 aliphatic carbocycles. The molecule has 0 saturated carbocycles. The minimum Gasteiger partial charge on any atom is -0.468 e. The summed E-state index contributed by atoms with van der Waals surface area (Å²) in [4.78, 5) is 40.8. The van der Waals surface area contributed by atoms with E-state index in [1.165, 1.54) is 16.6 Å². The number of methoxy groups -OCH3 is 1. The zero-order valence-corrected chi connectivity index (χ0v) is 16.0. The molecule has 0 fully saturated rings. The van der Waals surface area contributed by atoms with Crippen molar-refractivity contribution in [3.8, 4) is 0 Å². The highest BCUT2D eigenvalue weighted by molar-refractivity contribution is 5.77. The average molecular weight is 394 g/mol. The van der Waals surface area contributed by atoms with Crippen LogP contribution in [0.3, 0.4) is 0 Å². The highest BCUT2D eigenvalue weighted by atomic mass is 16.5. The van der Waals surface area contributed by atoms with Crippen LogP contribution in [0.5, 0.6) is 0 Å². The Morgan fingerprint density at radius 2 is 1.62 bits per heavy atom. The number of nitrogen functional groups attached to an aromatic ring is 1. The van der Waals surface area contributed by atoms with Gasteiger partial charge in [0.1, 0.15) is 18.1 Å². The molecule has 0 spiro atoms. The lowest BCUT2D eigenvalue weighted by atomic mass is 10.2. The van der Waals surface area contributed by atoms with Crippen molar-refractivity contribution in [3.05, 3.63) is 92.6 Å². The fraction of sp³-hybridized carbons (Fsp3) is 0.190. The Morgan fingerprint density at radius 1 is 1.03 bits per heavy atom. The molecule has 29 heavy (non-hydrogen) atoms. The van der Waals surface area contributed by atoms with Gasteiger partial charge < -0.3 is 15.4 Å². The molecule has 0 unspecified atom stereocenters. The maximum Gasteiger partial charge on any atom is 0.330 e. The van der Waals surface area contributed by atoms with Crippen LogP contribution in [0.25, 0.3) is 0 Å². The summed E-state index contributed by atoms with van der Waals surface area (Å²) in [7, 11) is 1.27. The fourth-order valence-corrected chi connectivity index (χ4v) is 3.04. The summed E-state index contributed by atoms with van der Waals surface area (Å²) in [5.41, 5.74) is 6.76. The van der Waals surface area contributed by atoms with Crippen molar-refractivity contribution < 1.29 is 9.53 Å². The predicted octanol–water partition coefficient (Wildman–Crippen LogP) is 1.35. The van der Waals surface area contributed by atoms with Gasteiger partial charge in [0, 0.05) is 6.54 Å². The SMILES string of the molecule is COC(=O)CN(Cc1ccccc1)c1c(N)n(Cc2ccccc2)c(=O)[nH]c1=O. The highest BCUT2D eigenvalue weighted by Gasteiger charge is 2.22. The molecule has 8 nitrogen and oxygen atoms in total. The van der Waals surface area contributed by atoms with Crippen molar-refractivity contribution in [1.82, 2.24) is 9.55 Å². The number of H-pyrrole nitrogens is 1. The number of rotatable bonds is 7. The molecular formula is C21H22N4O4. The van der Waals surface area contributed by atoms with Gasteiger partial charge in [-0.15, -0.1) is 0 Å². The second-order valence-electron chi connectivity index (χ2n) is 6.48. The number of hydrogen-bond donors (Lipinski definition) is 2. The molecule has 150 valence electrons. The molecule has 8 heteroatoms. The molecule has 3 rings (SSSR count). The first-order valence-corrected chi connectivity index (χ1v) is 9.01. The van der Waals surface area contributed by atoms with E-state index >= 15 is 0 Å². The van der Waals surface area contributed by atoms with Crippen molar-refractivity contribution in [2.45, 2.75) is 13.1 Å². The van der Waals surface area contributed by atoms with Crippen LogP contribution in [-0.4, -0.2) is 29.2 Å². The van der Waals surface area contributed by atoms with Crippen LogP contribution in [0.4, 0.5) is 11.5 Å². The minimum absolute atomic E-state index is 0.0116. The van der Waals surface area contributed by atoms with Gasteiger partial charge in [0.2, 0.25) is 0 Å². The van der Waals surface area contributed by atoms with Crippen LogP contribution >= 0.6 is 0 Å². The molecule has 0 bridgehead atoms. The molecule has 0 saturated heterocycles. The van der Waals surface area contributed by atoms with Gasteiger partial charge in [0.25, 0.3) is 5.56 Å². The zero-order valence-electron chi connectivity index (χ0n) is 16.0. The number of anilines is 2. The summed E-state index contributed by atoms with van der Waals surface area (Å²) in [6.45, 7) is 0.238. The third-order valence-electron chi connectivity index (χ3n) is 4.48. The van der Waals surface area contributed by atoms with Gasteiger partial charge in [-0.3, -0.25) is 19.1 Å². The Morgan fingerprint density at radius 3 is 2.21 bits per heavy atom. The molecule has 3 N–H and O–H groups in total. The van der Waals surface area contributed by atoms with Crippen LogP contribution in [0, 0.1) is 0 Å². The molecule has 0 amide bonds. The Kier molecular flexibility index (Phi) is 6.13. The Balaban J connectivity index is 2.06. The van der Waals surface area contributed by atoms with Crippen LogP contribution in [-0.2, 0) is 22.6 Å². The maximum atomic E-state index is 12.6. The van der Waals surface area contributed by atoms with Gasteiger partial charge in [-0.05, 0) is 11.1 Å². The number of nitrogens with zero attached hydrogens (tertiary/aromatic N) is 2. The van der Waals surface area contributed by atoms with Crippen molar-refractivity contribution in [3.63, 3.8) is 0 Å². The van der Waals surface area contributed by atoms with E-state index in [1.54, 1.807) is 0 Å². The Bertz CT molecular complexity index is 1090. The third-order valence-corrected chi connectivity index (χ3v) is 4.48. The first-order valence-electron chi connectivity index (χ1n) is 9.01. The molecule has 0 aliphatic heterocycles. The van der Waals surface area contributed by atoms with Crippen LogP contribution in [0.15, 0.2) is 70.3 Å². The van der Waals surface area contributed by atoms with Crippen molar-refractivity contribution in [2.24, 2.45) is 0 Å². The van der Waals surface area contributed by atoms with Crippen molar-refractivity contribution in [2.75, 3.05) is 24.3 Å². The van der Waals surface area contributed by atoms with Crippen LogP contribution in [0.1, 0.15) is 11.1 Å². The molecule has 2 aromatic carbocycles. The number of carbonyl (C=O) groups is 1. The molecular weight excluding hydrogens is 372 g/mol. The minimum atomic E-state index is -0.656. The second-order valence-corrected chi connectivity index (χ2v) is 6.48. The molecule has 0 aliphatic rings. The van der Waals surface area contributed by atoms with E-state index in [9.17, 15) is 14.4 Å². The lowest BCUT2D eigenvalue weighted by Gasteiger charge is -2.25. The summed E-state index contributed by atoms with van der Waals surface area (Å²) in [6, 6.07) is 18.6. The van der Waals surface area contributed by atoms with Crippen molar-refractivity contribution in [1.29, 1.82) is 0 Å². The summed E-state index contributed by atoms with van der Waals surface area (Å²) in [5.74, 6) is -0.539. The number of nitrogens with one attached hydrogen (secondary N) is 1. The van der Waals surface area contributed by atoms with E-state index in [0.717, 1.165) is 11.1 Å². The smallest absolute Gasteiger partial charge is 0.330 e. The second kappa shape index (κ2) is 8.92. The largest absolute Gasteiger partial charge is 0.468 e. The molecule has 0 atom stereocenters. The third kappa shape index (κ3) is 4.73. The monoisotopic (exact) mass is 394 g/mol. The van der Waals surface area contributed by atoms with Gasteiger partial charge in [0.15, 0.2) is 0 Å². The van der Waals surface area contributed by atoms with E-state index in [2.05, 4.69) is 4.98 Å². The number of hydrogen-bond acceptors (Lipinski definition) is 6. The summed E-state index contributed by atoms with van der Waals surface area (Å²) in [6.07, 6.45) is 0. The Hall–Kier alpha value is -3.81. The predicted molar refractivity (Wildman–Crippen MR) is 111 cm³/mol. The number of carbonyl (C=O) groups excluding carboxylic acids is 1. The van der Waals surface area contributed by atoms with Gasteiger partial charge in [-0.1, -0.05) is 60.7 Å². The van der Waals surface area contributed by atoms with Crippen LogP contribution in [0.2, 0.25) is 0 Å². The number of nitrogens with two attached hydrogens (primary N) is 1. The maximum absolute atomic E-state index is 12.6. The van der Waals surface area contributed by atoms with Gasteiger partial charge in [-0.25, -0.2) is 4.79 Å². The van der Waals surface area contributed by atoms with Crippen molar-refractivity contribution >= 4 is 17.5 Å². The standard InChI is InChI=1S/C21H22N4O4/c1-29-17(26)14-24(12-15-8-4-2-5-9-15)18-19(22)25(21(28)23-20(18)27)13-16-10-6-3-7-11-16/h2-11H,12-14,22H2,1H3,(H,23,27,28). The normalized spacial score (nSPS) is 10.5. The first-order chi connectivity index (χ1) is 14.0. The van der Waals surface area contributed by atoms with E-state index in [1.807, 2.05) is 60.7 Å².